The Morgan fingerprint density at radius 3 is 2.33 bits per heavy atom. The average Bonchev–Trinajstić information content (AvgIpc) is 2.92. The number of amides is 2. The second-order valence-electron chi connectivity index (χ2n) is 6.83. The predicted octanol–water partition coefficient (Wildman–Crippen LogP) is 5.86. The molecule has 0 bridgehead atoms. The highest BCUT2D eigenvalue weighted by Crippen LogP contribution is 2.38. The molecule has 2 N–H and O–H groups in total. The van der Waals surface area contributed by atoms with Crippen molar-refractivity contribution in [3.05, 3.63) is 78.4 Å². The molecule has 3 aromatic rings. The fourth-order valence-electron chi connectivity index (χ4n) is 3.38. The summed E-state index contributed by atoms with van der Waals surface area (Å²) in [5, 5.41) is 5.73. The lowest BCUT2D eigenvalue weighted by atomic mass is 10.1. The van der Waals surface area contributed by atoms with Crippen molar-refractivity contribution in [1.29, 1.82) is 0 Å². The number of nitrogens with zero attached hydrogens (tertiary/aromatic N) is 2. The van der Waals surface area contributed by atoms with E-state index in [1.807, 2.05) is 72.8 Å². The Labute approximate surface area is 176 Å². The summed E-state index contributed by atoms with van der Waals surface area (Å²) in [6.45, 7) is 5.81. The molecule has 1 heterocycles. The van der Waals surface area contributed by atoms with Gasteiger partial charge in [-0.15, -0.1) is 0 Å². The summed E-state index contributed by atoms with van der Waals surface area (Å²) in [4.78, 5) is 19.5. The Balaban J connectivity index is 1.67. The van der Waals surface area contributed by atoms with Crippen LogP contribution in [0, 0.1) is 0 Å². The van der Waals surface area contributed by atoms with Crippen LogP contribution in [-0.2, 0) is 0 Å². The van der Waals surface area contributed by atoms with Crippen molar-refractivity contribution in [3.63, 3.8) is 0 Å². The van der Waals surface area contributed by atoms with Gasteiger partial charge in [-0.2, -0.15) is 0 Å². The van der Waals surface area contributed by atoms with Crippen LogP contribution in [0.4, 0.5) is 21.9 Å². The smallest absolute Gasteiger partial charge is 0.323 e. The SMILES string of the molecule is CCN(CC)C1=Nc2ccccc2Oc2ccc(NC(=O)Nc3ccccc3)cc21. The minimum Gasteiger partial charge on any atom is -0.454 e. The summed E-state index contributed by atoms with van der Waals surface area (Å²) in [7, 11) is 0. The molecule has 0 spiro atoms. The molecule has 0 fully saturated rings. The third-order valence-electron chi connectivity index (χ3n) is 4.88. The van der Waals surface area contributed by atoms with E-state index in [-0.39, 0.29) is 6.03 Å². The van der Waals surface area contributed by atoms with Crippen LogP contribution < -0.4 is 15.4 Å². The molecule has 6 heteroatoms. The van der Waals surface area contributed by atoms with E-state index in [2.05, 4.69) is 29.4 Å². The maximum Gasteiger partial charge on any atom is 0.323 e. The highest BCUT2D eigenvalue weighted by Gasteiger charge is 2.22. The number of benzene rings is 3. The number of nitrogens with one attached hydrogen (secondary N) is 2. The standard InChI is InChI=1S/C24H24N4O2/c1-3-28(4-2)23-19-16-18(26-24(29)25-17-10-6-5-7-11-17)14-15-21(19)30-22-13-9-8-12-20(22)27-23/h5-16H,3-4H2,1-2H3,(H2,25,26,29). The van der Waals surface area contributed by atoms with Crippen LogP contribution in [0.1, 0.15) is 19.4 Å². The highest BCUT2D eigenvalue weighted by molar-refractivity contribution is 6.06. The third-order valence-corrected chi connectivity index (χ3v) is 4.88. The van der Waals surface area contributed by atoms with E-state index < -0.39 is 0 Å². The largest absolute Gasteiger partial charge is 0.454 e. The maximum absolute atomic E-state index is 12.4. The van der Waals surface area contributed by atoms with E-state index in [9.17, 15) is 4.79 Å². The molecule has 0 saturated heterocycles. The summed E-state index contributed by atoms with van der Waals surface area (Å²) in [6.07, 6.45) is 0. The first-order chi connectivity index (χ1) is 14.7. The first-order valence-corrected chi connectivity index (χ1v) is 10.1. The number of carbonyl (C=O) groups is 1. The van der Waals surface area contributed by atoms with Crippen LogP contribution in [0.5, 0.6) is 11.5 Å². The Morgan fingerprint density at radius 2 is 1.57 bits per heavy atom. The van der Waals surface area contributed by atoms with E-state index in [1.54, 1.807) is 0 Å². The van der Waals surface area contributed by atoms with Crippen LogP contribution in [0.25, 0.3) is 0 Å². The molecule has 0 aromatic heterocycles. The van der Waals surface area contributed by atoms with E-state index in [0.29, 0.717) is 17.2 Å². The van der Waals surface area contributed by atoms with Crippen LogP contribution in [0.3, 0.4) is 0 Å². The van der Waals surface area contributed by atoms with E-state index in [1.165, 1.54) is 0 Å². The van der Waals surface area contributed by atoms with Crippen molar-refractivity contribution >= 4 is 28.9 Å². The van der Waals surface area contributed by atoms with Crippen LogP contribution in [0.2, 0.25) is 0 Å². The number of rotatable bonds is 4. The topological polar surface area (TPSA) is 66.0 Å². The molecule has 30 heavy (non-hydrogen) atoms. The van der Waals surface area contributed by atoms with Gasteiger partial charge >= 0.3 is 6.03 Å². The van der Waals surface area contributed by atoms with Crippen LogP contribution in [0.15, 0.2) is 77.8 Å². The zero-order valence-electron chi connectivity index (χ0n) is 17.1. The minimum atomic E-state index is -0.305. The zero-order chi connectivity index (χ0) is 20.9. The number of carbonyl (C=O) groups excluding carboxylic acids is 1. The fourth-order valence-corrected chi connectivity index (χ4v) is 3.38. The Bertz CT molecular complexity index is 1080. The molecule has 2 amide bonds. The number of fused-ring (bicyclic) bond motifs is 2. The Hall–Kier alpha value is -3.80. The van der Waals surface area contributed by atoms with Crippen molar-refractivity contribution in [2.24, 2.45) is 4.99 Å². The normalized spacial score (nSPS) is 11.9. The lowest BCUT2D eigenvalue weighted by molar-refractivity contribution is 0.262. The molecule has 0 saturated carbocycles. The Kier molecular flexibility index (Phi) is 5.66. The van der Waals surface area contributed by atoms with Crippen molar-refractivity contribution in [2.45, 2.75) is 13.8 Å². The molecular formula is C24H24N4O2. The zero-order valence-corrected chi connectivity index (χ0v) is 17.1. The summed E-state index contributed by atoms with van der Waals surface area (Å²) in [5.41, 5.74) is 3.02. The lowest BCUT2D eigenvalue weighted by Crippen LogP contribution is -2.31. The minimum absolute atomic E-state index is 0.305. The summed E-state index contributed by atoms with van der Waals surface area (Å²) >= 11 is 0. The van der Waals surface area contributed by atoms with E-state index in [4.69, 9.17) is 9.73 Å². The average molecular weight is 400 g/mol. The summed E-state index contributed by atoms with van der Waals surface area (Å²) < 4.78 is 6.16. The van der Waals surface area contributed by atoms with Crippen molar-refractivity contribution in [2.75, 3.05) is 23.7 Å². The van der Waals surface area contributed by atoms with Gasteiger partial charge < -0.3 is 20.3 Å². The molecule has 6 nitrogen and oxygen atoms in total. The first-order valence-electron chi connectivity index (χ1n) is 10.1. The molecule has 1 aliphatic rings. The molecular weight excluding hydrogens is 376 g/mol. The van der Waals surface area contributed by atoms with E-state index in [0.717, 1.165) is 35.9 Å². The van der Waals surface area contributed by atoms with E-state index >= 15 is 0 Å². The number of urea groups is 1. The highest BCUT2D eigenvalue weighted by atomic mass is 16.5. The van der Waals surface area contributed by atoms with Gasteiger partial charge in [0.1, 0.15) is 17.3 Å². The molecule has 0 unspecified atom stereocenters. The number of amidine groups is 1. The molecule has 4 rings (SSSR count). The third kappa shape index (κ3) is 4.12. The van der Waals surface area contributed by atoms with Gasteiger partial charge in [-0.25, -0.2) is 9.79 Å². The number of ether oxygens (including phenoxy) is 1. The molecule has 0 radical (unpaired) electrons. The number of para-hydroxylation sites is 3. The summed E-state index contributed by atoms with van der Waals surface area (Å²) in [6, 6.07) is 22.4. The Morgan fingerprint density at radius 1 is 0.867 bits per heavy atom. The van der Waals surface area contributed by atoms with Gasteiger partial charge in [0.05, 0.1) is 5.56 Å². The van der Waals surface area contributed by atoms with Gasteiger partial charge in [-0.3, -0.25) is 0 Å². The predicted molar refractivity (Wildman–Crippen MR) is 121 cm³/mol. The maximum atomic E-state index is 12.4. The number of aliphatic imine (C=N–C) groups is 1. The van der Waals surface area contributed by atoms with Crippen molar-refractivity contribution in [1.82, 2.24) is 4.90 Å². The van der Waals surface area contributed by atoms with Crippen LogP contribution >= 0.6 is 0 Å². The van der Waals surface area contributed by atoms with Crippen molar-refractivity contribution in [3.8, 4) is 11.5 Å². The van der Waals surface area contributed by atoms with Gasteiger partial charge in [-0.1, -0.05) is 30.3 Å². The van der Waals surface area contributed by atoms with Gasteiger partial charge in [0.2, 0.25) is 0 Å². The van der Waals surface area contributed by atoms with Gasteiger partial charge in [0, 0.05) is 24.5 Å². The second kappa shape index (κ2) is 8.69. The lowest BCUT2D eigenvalue weighted by Gasteiger charge is -2.23. The van der Waals surface area contributed by atoms with Crippen LogP contribution in [-0.4, -0.2) is 29.9 Å². The number of anilines is 2. The molecule has 0 atom stereocenters. The van der Waals surface area contributed by atoms with Gasteiger partial charge in [0.25, 0.3) is 0 Å². The molecule has 1 aliphatic heterocycles. The second-order valence-corrected chi connectivity index (χ2v) is 6.83. The van der Waals surface area contributed by atoms with Crippen molar-refractivity contribution < 1.29 is 9.53 Å². The summed E-state index contributed by atoms with van der Waals surface area (Å²) in [5.74, 6) is 2.25. The first kappa shape index (κ1) is 19.5. The number of hydrogen-bond acceptors (Lipinski definition) is 4. The van der Waals surface area contributed by atoms with Gasteiger partial charge in [-0.05, 0) is 56.3 Å². The number of hydrogen-bond donors (Lipinski definition) is 2. The van der Waals surface area contributed by atoms with Gasteiger partial charge in [0.15, 0.2) is 5.75 Å². The molecule has 0 aliphatic carbocycles. The molecule has 3 aromatic carbocycles. The fraction of sp³-hybridized carbons (Fsp3) is 0.167. The molecule has 152 valence electrons. The quantitative estimate of drug-likeness (QED) is 0.577. The monoisotopic (exact) mass is 400 g/mol.